The smallest absolute Gasteiger partial charge is 0.144 e. The third kappa shape index (κ3) is 2.89. The van der Waals surface area contributed by atoms with E-state index in [9.17, 15) is 0 Å². The number of rotatable bonds is 3. The molecule has 0 fully saturated rings. The largest absolute Gasteiger partial charge is 0.487 e. The second-order valence-electron chi connectivity index (χ2n) is 4.59. The molecule has 1 heterocycles. The molecule has 0 amide bonds. The van der Waals surface area contributed by atoms with Crippen LogP contribution in [0.5, 0.6) is 5.75 Å². The molecule has 0 aliphatic heterocycles. The van der Waals surface area contributed by atoms with Gasteiger partial charge in [-0.2, -0.15) is 0 Å². The number of anilines is 1. The van der Waals surface area contributed by atoms with E-state index in [1.54, 1.807) is 18.3 Å². The fourth-order valence-electron chi connectivity index (χ4n) is 2.11. The molecule has 0 unspecified atom stereocenters. The molecule has 2 aromatic carbocycles. The molecular weight excluding hydrogens is 307 g/mol. The summed E-state index contributed by atoms with van der Waals surface area (Å²) in [6.45, 7) is 0.358. The molecule has 106 valence electrons. The second kappa shape index (κ2) is 5.80. The number of para-hydroxylation sites is 1. The molecule has 2 N–H and O–H groups in total. The van der Waals surface area contributed by atoms with Crippen LogP contribution < -0.4 is 10.5 Å². The molecule has 0 aliphatic rings. The normalized spacial score (nSPS) is 10.8. The SMILES string of the molecule is Nc1cc(Cl)c(Cl)cc1OCc1cccc2cccnc12. The summed E-state index contributed by atoms with van der Waals surface area (Å²) in [7, 11) is 0. The van der Waals surface area contributed by atoms with Gasteiger partial charge in [0.15, 0.2) is 0 Å². The molecule has 3 aromatic rings. The van der Waals surface area contributed by atoms with E-state index in [1.807, 2.05) is 30.3 Å². The Labute approximate surface area is 132 Å². The number of nitrogen functional groups attached to an aromatic ring is 1. The molecular formula is C16H12Cl2N2O. The predicted octanol–water partition coefficient (Wildman–Crippen LogP) is 4.70. The fraction of sp³-hybridized carbons (Fsp3) is 0.0625. The number of hydrogen-bond acceptors (Lipinski definition) is 3. The molecule has 0 aliphatic carbocycles. The zero-order chi connectivity index (χ0) is 14.8. The van der Waals surface area contributed by atoms with Crippen LogP contribution in [0.2, 0.25) is 10.0 Å². The van der Waals surface area contributed by atoms with E-state index < -0.39 is 0 Å². The van der Waals surface area contributed by atoms with Crippen LogP contribution in [0.1, 0.15) is 5.56 Å². The number of benzene rings is 2. The molecule has 0 radical (unpaired) electrons. The molecule has 21 heavy (non-hydrogen) atoms. The Morgan fingerprint density at radius 2 is 1.81 bits per heavy atom. The van der Waals surface area contributed by atoms with E-state index in [-0.39, 0.29) is 0 Å². The van der Waals surface area contributed by atoms with Gasteiger partial charge >= 0.3 is 0 Å². The van der Waals surface area contributed by atoms with Crippen molar-refractivity contribution in [1.82, 2.24) is 4.98 Å². The molecule has 0 saturated heterocycles. The summed E-state index contributed by atoms with van der Waals surface area (Å²) >= 11 is 11.9. The van der Waals surface area contributed by atoms with Crippen molar-refractivity contribution in [1.29, 1.82) is 0 Å². The number of nitrogens with zero attached hydrogens (tertiary/aromatic N) is 1. The minimum atomic E-state index is 0.358. The molecule has 0 bridgehead atoms. The van der Waals surface area contributed by atoms with Crippen LogP contribution in [-0.2, 0) is 6.61 Å². The number of hydrogen-bond donors (Lipinski definition) is 1. The summed E-state index contributed by atoms with van der Waals surface area (Å²) < 4.78 is 5.76. The Kier molecular flexibility index (Phi) is 3.86. The van der Waals surface area contributed by atoms with Gasteiger partial charge in [-0.05, 0) is 12.1 Å². The van der Waals surface area contributed by atoms with E-state index >= 15 is 0 Å². The highest BCUT2D eigenvalue weighted by atomic mass is 35.5. The Hall–Kier alpha value is -1.97. The number of nitrogens with two attached hydrogens (primary N) is 1. The van der Waals surface area contributed by atoms with Crippen LogP contribution in [-0.4, -0.2) is 4.98 Å². The summed E-state index contributed by atoms with van der Waals surface area (Å²) in [5.41, 5.74) is 8.24. The highest BCUT2D eigenvalue weighted by molar-refractivity contribution is 6.42. The minimum absolute atomic E-state index is 0.358. The van der Waals surface area contributed by atoms with Gasteiger partial charge in [-0.25, -0.2) is 0 Å². The van der Waals surface area contributed by atoms with Gasteiger partial charge in [0.2, 0.25) is 0 Å². The lowest BCUT2D eigenvalue weighted by molar-refractivity contribution is 0.309. The third-order valence-corrected chi connectivity index (χ3v) is 3.87. The quantitative estimate of drug-likeness (QED) is 0.712. The summed E-state index contributed by atoms with van der Waals surface area (Å²) in [6, 6.07) is 13.1. The summed E-state index contributed by atoms with van der Waals surface area (Å²) in [4.78, 5) is 4.39. The van der Waals surface area contributed by atoms with Crippen molar-refractivity contribution in [3.05, 3.63) is 64.3 Å². The van der Waals surface area contributed by atoms with E-state index in [2.05, 4.69) is 4.98 Å². The van der Waals surface area contributed by atoms with Gasteiger partial charge in [-0.3, -0.25) is 4.98 Å². The topological polar surface area (TPSA) is 48.1 Å². The Morgan fingerprint density at radius 3 is 2.67 bits per heavy atom. The highest BCUT2D eigenvalue weighted by Crippen LogP contribution is 2.33. The van der Waals surface area contributed by atoms with Crippen molar-refractivity contribution >= 4 is 39.8 Å². The summed E-state index contributed by atoms with van der Waals surface area (Å²) in [5.74, 6) is 0.511. The zero-order valence-corrected chi connectivity index (χ0v) is 12.5. The maximum Gasteiger partial charge on any atom is 0.144 e. The van der Waals surface area contributed by atoms with Gasteiger partial charge in [-0.15, -0.1) is 0 Å². The van der Waals surface area contributed by atoms with Crippen molar-refractivity contribution in [2.24, 2.45) is 0 Å². The summed E-state index contributed by atoms with van der Waals surface area (Å²) in [6.07, 6.45) is 1.76. The van der Waals surface area contributed by atoms with Crippen LogP contribution in [0.3, 0.4) is 0 Å². The number of ether oxygens (including phenoxy) is 1. The van der Waals surface area contributed by atoms with Crippen molar-refractivity contribution in [3.8, 4) is 5.75 Å². The van der Waals surface area contributed by atoms with E-state index in [0.717, 1.165) is 16.5 Å². The van der Waals surface area contributed by atoms with Crippen LogP contribution >= 0.6 is 23.2 Å². The lowest BCUT2D eigenvalue weighted by Gasteiger charge is -2.11. The standard InChI is InChI=1S/C16H12Cl2N2O/c17-12-7-14(19)15(8-13(12)18)21-9-11-4-1-3-10-5-2-6-20-16(10)11/h1-8H,9,19H2. The predicted molar refractivity (Wildman–Crippen MR) is 86.9 cm³/mol. The van der Waals surface area contributed by atoms with Crippen LogP contribution in [0.4, 0.5) is 5.69 Å². The first-order chi connectivity index (χ1) is 10.1. The zero-order valence-electron chi connectivity index (χ0n) is 11.0. The maximum absolute atomic E-state index is 5.98. The number of fused-ring (bicyclic) bond motifs is 1. The van der Waals surface area contributed by atoms with Crippen LogP contribution in [0.15, 0.2) is 48.7 Å². The van der Waals surface area contributed by atoms with Crippen molar-refractivity contribution in [2.75, 3.05) is 5.73 Å². The number of aromatic nitrogens is 1. The van der Waals surface area contributed by atoms with Crippen molar-refractivity contribution in [3.63, 3.8) is 0 Å². The highest BCUT2D eigenvalue weighted by Gasteiger charge is 2.08. The van der Waals surface area contributed by atoms with Crippen LogP contribution in [0, 0.1) is 0 Å². The first kappa shape index (κ1) is 14.0. The van der Waals surface area contributed by atoms with Crippen molar-refractivity contribution < 1.29 is 4.74 Å². The first-order valence-electron chi connectivity index (χ1n) is 6.35. The van der Waals surface area contributed by atoms with Gasteiger partial charge in [0.1, 0.15) is 12.4 Å². The lowest BCUT2D eigenvalue weighted by Crippen LogP contribution is -2.00. The second-order valence-corrected chi connectivity index (χ2v) is 5.40. The molecule has 0 spiro atoms. The number of pyridine rings is 1. The van der Waals surface area contributed by atoms with Crippen LogP contribution in [0.25, 0.3) is 10.9 Å². The molecule has 0 saturated carbocycles. The first-order valence-corrected chi connectivity index (χ1v) is 7.10. The monoisotopic (exact) mass is 318 g/mol. The number of halogens is 2. The Morgan fingerprint density at radius 1 is 1.05 bits per heavy atom. The van der Waals surface area contributed by atoms with E-state index in [1.165, 1.54) is 0 Å². The lowest BCUT2D eigenvalue weighted by atomic mass is 10.1. The van der Waals surface area contributed by atoms with Gasteiger partial charge < -0.3 is 10.5 Å². The third-order valence-electron chi connectivity index (χ3n) is 3.15. The molecule has 5 heteroatoms. The molecule has 3 nitrogen and oxygen atoms in total. The molecule has 1 aromatic heterocycles. The average molecular weight is 319 g/mol. The van der Waals surface area contributed by atoms with Gasteiger partial charge in [0.05, 0.1) is 21.2 Å². The van der Waals surface area contributed by atoms with Gasteiger partial charge in [0, 0.05) is 23.2 Å². The van der Waals surface area contributed by atoms with E-state index in [0.29, 0.717) is 28.1 Å². The van der Waals surface area contributed by atoms with E-state index in [4.69, 9.17) is 33.7 Å². The molecule has 0 atom stereocenters. The maximum atomic E-state index is 5.98. The van der Waals surface area contributed by atoms with Gasteiger partial charge in [0.25, 0.3) is 0 Å². The summed E-state index contributed by atoms with van der Waals surface area (Å²) in [5, 5.41) is 1.89. The fourth-order valence-corrected chi connectivity index (χ4v) is 2.43. The average Bonchev–Trinajstić information content (AvgIpc) is 2.49. The van der Waals surface area contributed by atoms with Gasteiger partial charge in [-0.1, -0.05) is 47.5 Å². The molecule has 3 rings (SSSR count). The Balaban J connectivity index is 1.89. The van der Waals surface area contributed by atoms with Crippen molar-refractivity contribution in [2.45, 2.75) is 6.61 Å². The Bertz CT molecular complexity index is 800. The minimum Gasteiger partial charge on any atom is -0.487 e.